The first-order chi connectivity index (χ1) is 17.2. The summed E-state index contributed by atoms with van der Waals surface area (Å²) >= 11 is 0. The second kappa shape index (κ2) is 10.6. The van der Waals surface area contributed by atoms with Crippen molar-refractivity contribution >= 4 is 5.69 Å². The van der Waals surface area contributed by atoms with Gasteiger partial charge in [-0.05, 0) is 53.1 Å². The number of hydrogen-bond donors (Lipinski definition) is 0. The van der Waals surface area contributed by atoms with E-state index in [2.05, 4.69) is 25.3 Å². The van der Waals surface area contributed by atoms with Crippen molar-refractivity contribution in [2.24, 2.45) is 0 Å². The monoisotopic (exact) mass is 482 g/mol. The highest BCUT2D eigenvalue weighted by molar-refractivity contribution is 5.48. The summed E-state index contributed by atoms with van der Waals surface area (Å²) in [6, 6.07) is 12.6. The quantitative estimate of drug-likeness (QED) is 0.485. The fourth-order valence-electron chi connectivity index (χ4n) is 4.99. The van der Waals surface area contributed by atoms with E-state index in [4.69, 9.17) is 14.2 Å². The maximum absolute atomic E-state index is 14.4. The molecular weight excluding hydrogens is 451 g/mol. The van der Waals surface area contributed by atoms with E-state index in [0.717, 1.165) is 43.9 Å². The third kappa shape index (κ3) is 4.94. The smallest absolute Gasteiger partial charge is 0.173 e. The van der Waals surface area contributed by atoms with Crippen molar-refractivity contribution < 1.29 is 18.6 Å². The maximum Gasteiger partial charge on any atom is 0.173 e. The van der Waals surface area contributed by atoms with Crippen LogP contribution in [0.4, 0.5) is 10.1 Å². The van der Waals surface area contributed by atoms with Crippen LogP contribution in [0.15, 0.2) is 42.5 Å². The van der Waals surface area contributed by atoms with Crippen LogP contribution < -0.4 is 14.4 Å². The van der Waals surface area contributed by atoms with Gasteiger partial charge in [0.1, 0.15) is 5.82 Å². The molecule has 2 atom stereocenters. The minimum absolute atomic E-state index is 0.112. The third-order valence-electron chi connectivity index (χ3n) is 6.80. The highest BCUT2D eigenvalue weighted by atomic mass is 19.1. The van der Waals surface area contributed by atoms with E-state index in [1.807, 2.05) is 35.0 Å². The summed E-state index contributed by atoms with van der Waals surface area (Å²) in [6.07, 6.45) is 2.17. The molecule has 0 aliphatic carbocycles. The van der Waals surface area contributed by atoms with Crippen molar-refractivity contribution in [2.75, 3.05) is 51.9 Å². The minimum Gasteiger partial charge on any atom is -0.493 e. The molecule has 3 heterocycles. The number of piperazine rings is 1. The number of rotatable bonds is 8. The van der Waals surface area contributed by atoms with Crippen LogP contribution in [0.25, 0.3) is 0 Å². The Morgan fingerprint density at radius 3 is 2.57 bits per heavy atom. The van der Waals surface area contributed by atoms with Crippen molar-refractivity contribution in [2.45, 2.75) is 31.5 Å². The Bertz CT molecular complexity index is 1130. The number of benzene rings is 2. The van der Waals surface area contributed by atoms with Crippen molar-refractivity contribution in [3.63, 3.8) is 0 Å². The summed E-state index contributed by atoms with van der Waals surface area (Å²) in [5.74, 6) is 1.88. The second-order valence-corrected chi connectivity index (χ2v) is 8.85. The molecule has 35 heavy (non-hydrogen) atoms. The number of halogens is 1. The molecular formula is C25H31FN6O3. The molecule has 9 nitrogen and oxygen atoms in total. The number of ether oxygens (including phenoxy) is 3. The molecule has 0 N–H and O–H groups in total. The van der Waals surface area contributed by atoms with Gasteiger partial charge in [0.25, 0.3) is 0 Å². The normalized spacial score (nSPS) is 19.6. The van der Waals surface area contributed by atoms with Crippen LogP contribution in [0.1, 0.15) is 30.3 Å². The van der Waals surface area contributed by atoms with Crippen LogP contribution in [-0.4, -0.2) is 78.2 Å². The zero-order valence-corrected chi connectivity index (χ0v) is 20.1. The zero-order chi connectivity index (χ0) is 24.2. The largest absolute Gasteiger partial charge is 0.493 e. The van der Waals surface area contributed by atoms with E-state index < -0.39 is 0 Å². The number of para-hydroxylation sites is 1. The molecule has 0 bridgehead atoms. The molecule has 2 saturated heterocycles. The number of anilines is 1. The molecule has 0 amide bonds. The van der Waals surface area contributed by atoms with Crippen LogP contribution >= 0.6 is 0 Å². The average Bonchev–Trinajstić information content (AvgIpc) is 3.58. The lowest BCUT2D eigenvalue weighted by Gasteiger charge is -2.40. The number of tetrazole rings is 1. The highest BCUT2D eigenvalue weighted by Crippen LogP contribution is 2.35. The van der Waals surface area contributed by atoms with Gasteiger partial charge < -0.3 is 19.1 Å². The van der Waals surface area contributed by atoms with E-state index in [9.17, 15) is 4.39 Å². The SMILES string of the molecule is COc1ccc([C@H](c2nnnn2C[C@@H]2CCCO2)N2CCN(c3ccccc3F)CC2)cc1OC. The Morgan fingerprint density at radius 1 is 1.06 bits per heavy atom. The van der Waals surface area contributed by atoms with Crippen molar-refractivity contribution in [3.8, 4) is 11.5 Å². The molecule has 2 aliphatic heterocycles. The molecule has 2 aromatic carbocycles. The van der Waals surface area contributed by atoms with E-state index in [1.165, 1.54) is 6.07 Å². The first-order valence-corrected chi connectivity index (χ1v) is 12.0. The Hall–Kier alpha value is -3.24. The Kier molecular flexibility index (Phi) is 7.10. The summed E-state index contributed by atoms with van der Waals surface area (Å²) in [5.41, 5.74) is 1.64. The van der Waals surface area contributed by atoms with Gasteiger partial charge in [-0.1, -0.05) is 18.2 Å². The summed E-state index contributed by atoms with van der Waals surface area (Å²) in [6.45, 7) is 4.22. The fourth-order valence-corrected chi connectivity index (χ4v) is 4.99. The Morgan fingerprint density at radius 2 is 1.86 bits per heavy atom. The molecule has 0 spiro atoms. The molecule has 0 saturated carbocycles. The standard InChI is InChI=1S/C25H31FN6O3/c1-33-22-10-9-18(16-23(22)34-2)24(25-27-28-29-32(25)17-19-6-5-15-35-19)31-13-11-30(12-14-31)21-8-4-3-7-20(21)26/h3-4,7-10,16,19,24H,5-6,11-15,17H2,1-2H3/t19-,24+/m0/s1. The van der Waals surface area contributed by atoms with E-state index in [-0.39, 0.29) is 18.0 Å². The van der Waals surface area contributed by atoms with Gasteiger partial charge >= 0.3 is 0 Å². The second-order valence-electron chi connectivity index (χ2n) is 8.85. The number of methoxy groups -OCH3 is 2. The lowest BCUT2D eigenvalue weighted by molar-refractivity contribution is 0.0906. The minimum atomic E-state index is -0.200. The molecule has 1 aromatic heterocycles. The number of nitrogens with zero attached hydrogens (tertiary/aromatic N) is 6. The van der Waals surface area contributed by atoms with Crippen LogP contribution in [0.2, 0.25) is 0 Å². The Labute approximate surface area is 204 Å². The number of aromatic nitrogens is 4. The van der Waals surface area contributed by atoms with Gasteiger partial charge in [-0.15, -0.1) is 5.10 Å². The van der Waals surface area contributed by atoms with Crippen LogP contribution in [0.5, 0.6) is 11.5 Å². The van der Waals surface area contributed by atoms with Crippen molar-refractivity contribution in [3.05, 3.63) is 59.7 Å². The lowest BCUT2D eigenvalue weighted by atomic mass is 10.0. The molecule has 2 fully saturated rings. The highest BCUT2D eigenvalue weighted by Gasteiger charge is 2.32. The zero-order valence-electron chi connectivity index (χ0n) is 20.1. The van der Waals surface area contributed by atoms with Gasteiger partial charge in [0.05, 0.1) is 38.6 Å². The van der Waals surface area contributed by atoms with E-state index in [1.54, 1.807) is 20.3 Å². The maximum atomic E-state index is 14.4. The topological polar surface area (TPSA) is 77.8 Å². The van der Waals surface area contributed by atoms with Gasteiger partial charge in [0.15, 0.2) is 17.3 Å². The summed E-state index contributed by atoms with van der Waals surface area (Å²) in [5, 5.41) is 12.8. The fraction of sp³-hybridized carbons (Fsp3) is 0.480. The first kappa shape index (κ1) is 23.5. The van der Waals surface area contributed by atoms with Crippen LogP contribution in [-0.2, 0) is 11.3 Å². The molecule has 0 unspecified atom stereocenters. The summed E-state index contributed by atoms with van der Waals surface area (Å²) < 4.78 is 33.1. The van der Waals surface area contributed by atoms with Crippen LogP contribution in [0.3, 0.4) is 0 Å². The first-order valence-electron chi connectivity index (χ1n) is 12.0. The summed E-state index contributed by atoms with van der Waals surface area (Å²) in [7, 11) is 3.25. The van der Waals surface area contributed by atoms with Gasteiger partial charge in [-0.2, -0.15) is 0 Å². The van der Waals surface area contributed by atoms with E-state index >= 15 is 0 Å². The molecule has 2 aliphatic rings. The van der Waals surface area contributed by atoms with Gasteiger partial charge in [0, 0.05) is 32.8 Å². The lowest BCUT2D eigenvalue weighted by Crippen LogP contribution is -2.48. The van der Waals surface area contributed by atoms with Gasteiger partial charge in [-0.3, -0.25) is 4.90 Å². The Balaban J connectivity index is 1.45. The predicted octanol–water partition coefficient (Wildman–Crippen LogP) is 2.92. The molecule has 3 aromatic rings. The predicted molar refractivity (Wildman–Crippen MR) is 128 cm³/mol. The van der Waals surface area contributed by atoms with Crippen molar-refractivity contribution in [1.29, 1.82) is 0 Å². The van der Waals surface area contributed by atoms with Gasteiger partial charge in [0.2, 0.25) is 0 Å². The molecule has 186 valence electrons. The van der Waals surface area contributed by atoms with Crippen molar-refractivity contribution in [1.82, 2.24) is 25.1 Å². The molecule has 10 heteroatoms. The molecule has 0 radical (unpaired) electrons. The summed E-state index contributed by atoms with van der Waals surface area (Å²) in [4.78, 5) is 4.43. The molecule has 5 rings (SSSR count). The van der Waals surface area contributed by atoms with E-state index in [0.29, 0.717) is 36.8 Å². The van der Waals surface area contributed by atoms with Gasteiger partial charge in [-0.25, -0.2) is 9.07 Å². The number of hydrogen-bond acceptors (Lipinski definition) is 8. The average molecular weight is 483 g/mol. The third-order valence-corrected chi connectivity index (χ3v) is 6.80. The van der Waals surface area contributed by atoms with Crippen LogP contribution in [0, 0.1) is 5.82 Å².